The molecular formula is C15H25ClN4. The Morgan fingerprint density at radius 2 is 2.15 bits per heavy atom. The summed E-state index contributed by atoms with van der Waals surface area (Å²) in [5, 5.41) is 4.05. The van der Waals surface area contributed by atoms with Gasteiger partial charge >= 0.3 is 0 Å². The average molecular weight is 297 g/mol. The summed E-state index contributed by atoms with van der Waals surface area (Å²) in [7, 11) is 0. The number of aromatic nitrogens is 2. The molecule has 1 N–H and O–H groups in total. The minimum Gasteiger partial charge on any atom is -0.369 e. The Bertz CT molecular complexity index is 450. The summed E-state index contributed by atoms with van der Waals surface area (Å²) in [5.41, 5.74) is 0.955. The molecule has 0 amide bonds. The zero-order valence-corrected chi connectivity index (χ0v) is 13.5. The number of anilines is 1. The fourth-order valence-electron chi connectivity index (χ4n) is 2.65. The zero-order valence-electron chi connectivity index (χ0n) is 12.7. The summed E-state index contributed by atoms with van der Waals surface area (Å²) in [6, 6.07) is 0. The van der Waals surface area contributed by atoms with Crippen LogP contribution in [0.15, 0.2) is 0 Å². The maximum Gasteiger partial charge on any atom is 0.137 e. The fourth-order valence-corrected chi connectivity index (χ4v) is 2.84. The van der Waals surface area contributed by atoms with E-state index in [1.54, 1.807) is 0 Å². The second-order valence-electron chi connectivity index (χ2n) is 5.58. The molecule has 1 fully saturated rings. The molecule has 0 aromatic carbocycles. The van der Waals surface area contributed by atoms with E-state index < -0.39 is 0 Å². The Hall–Kier alpha value is -0.870. The maximum absolute atomic E-state index is 6.20. The van der Waals surface area contributed by atoms with Crippen molar-refractivity contribution in [2.24, 2.45) is 5.92 Å². The van der Waals surface area contributed by atoms with Gasteiger partial charge in [0, 0.05) is 25.1 Å². The Morgan fingerprint density at radius 1 is 1.35 bits per heavy atom. The van der Waals surface area contributed by atoms with Gasteiger partial charge < -0.3 is 10.2 Å². The molecule has 2 heterocycles. The number of hydrogen-bond acceptors (Lipinski definition) is 4. The molecule has 0 saturated carbocycles. The third kappa shape index (κ3) is 3.83. The largest absolute Gasteiger partial charge is 0.369 e. The van der Waals surface area contributed by atoms with Gasteiger partial charge in [0.15, 0.2) is 0 Å². The normalized spacial score (nSPS) is 19.5. The number of rotatable bonds is 6. The van der Waals surface area contributed by atoms with E-state index >= 15 is 0 Å². The molecule has 1 aliphatic heterocycles. The quantitative estimate of drug-likeness (QED) is 0.819. The Labute approximate surface area is 126 Å². The van der Waals surface area contributed by atoms with Gasteiger partial charge in [0.25, 0.3) is 0 Å². The van der Waals surface area contributed by atoms with Crippen molar-refractivity contribution in [3.05, 3.63) is 16.5 Å². The van der Waals surface area contributed by atoms with Crippen molar-refractivity contribution in [2.45, 2.75) is 40.0 Å². The highest BCUT2D eigenvalue weighted by Gasteiger charge is 2.21. The van der Waals surface area contributed by atoms with Gasteiger partial charge in [0.1, 0.15) is 16.8 Å². The van der Waals surface area contributed by atoms with Gasteiger partial charge in [0.2, 0.25) is 0 Å². The van der Waals surface area contributed by atoms with Gasteiger partial charge in [-0.3, -0.25) is 0 Å². The van der Waals surface area contributed by atoms with Crippen LogP contribution in [-0.2, 0) is 6.42 Å². The first-order valence-corrected chi connectivity index (χ1v) is 8.01. The van der Waals surface area contributed by atoms with E-state index in [9.17, 15) is 0 Å². The third-order valence-corrected chi connectivity index (χ3v) is 4.35. The van der Waals surface area contributed by atoms with E-state index in [2.05, 4.69) is 34.0 Å². The molecule has 5 heteroatoms. The number of nitrogens with one attached hydrogen (secondary N) is 1. The van der Waals surface area contributed by atoms with E-state index in [1.165, 1.54) is 19.5 Å². The lowest BCUT2D eigenvalue weighted by molar-refractivity contribution is 0.345. The van der Waals surface area contributed by atoms with E-state index in [4.69, 9.17) is 11.6 Å². The predicted molar refractivity (Wildman–Crippen MR) is 84.5 cm³/mol. The molecule has 1 aromatic rings. The van der Waals surface area contributed by atoms with Gasteiger partial charge in [-0.15, -0.1) is 0 Å². The third-order valence-electron chi connectivity index (χ3n) is 3.98. The van der Waals surface area contributed by atoms with Crippen LogP contribution in [0.1, 0.15) is 38.1 Å². The Morgan fingerprint density at radius 3 is 2.80 bits per heavy atom. The van der Waals surface area contributed by atoms with Crippen LogP contribution < -0.4 is 5.32 Å². The Kier molecular flexibility index (Phi) is 5.61. The zero-order chi connectivity index (χ0) is 14.5. The molecule has 4 nitrogen and oxygen atoms in total. The molecule has 1 atom stereocenters. The van der Waals surface area contributed by atoms with E-state index in [-0.39, 0.29) is 0 Å². The van der Waals surface area contributed by atoms with Gasteiger partial charge in [-0.25, -0.2) is 9.97 Å². The first-order chi connectivity index (χ1) is 9.63. The molecule has 2 rings (SSSR count). The summed E-state index contributed by atoms with van der Waals surface area (Å²) in [4.78, 5) is 11.4. The van der Waals surface area contributed by atoms with Crippen LogP contribution in [0.2, 0.25) is 5.15 Å². The number of aryl methyl sites for hydroxylation is 1. The summed E-state index contributed by atoms with van der Waals surface area (Å²) in [6.45, 7) is 10.8. The molecule has 1 aromatic heterocycles. The van der Waals surface area contributed by atoms with E-state index in [0.717, 1.165) is 43.1 Å². The number of likely N-dealkylation sites (tertiary alicyclic amines) is 1. The van der Waals surface area contributed by atoms with Crippen LogP contribution in [0.4, 0.5) is 5.82 Å². The highest BCUT2D eigenvalue weighted by Crippen LogP contribution is 2.22. The smallest absolute Gasteiger partial charge is 0.137 e. The van der Waals surface area contributed by atoms with Crippen LogP contribution in [0.3, 0.4) is 0 Å². The first kappa shape index (κ1) is 15.5. The van der Waals surface area contributed by atoms with Crippen LogP contribution in [0.5, 0.6) is 0 Å². The lowest BCUT2D eigenvalue weighted by atomic mass is 10.1. The SMILES string of the molecule is CCCc1nc(Cl)c(C)c(NCC2CCN(CC)C2)n1. The van der Waals surface area contributed by atoms with E-state index in [0.29, 0.717) is 11.1 Å². The number of nitrogens with zero attached hydrogens (tertiary/aromatic N) is 3. The highest BCUT2D eigenvalue weighted by atomic mass is 35.5. The van der Waals surface area contributed by atoms with Crippen molar-refractivity contribution in [2.75, 3.05) is 31.5 Å². The van der Waals surface area contributed by atoms with Crippen molar-refractivity contribution < 1.29 is 0 Å². The molecule has 112 valence electrons. The van der Waals surface area contributed by atoms with E-state index in [1.807, 2.05) is 6.92 Å². The average Bonchev–Trinajstić information content (AvgIpc) is 2.89. The molecule has 1 unspecified atom stereocenters. The molecule has 0 spiro atoms. The van der Waals surface area contributed by atoms with Gasteiger partial charge in [0.05, 0.1) is 0 Å². The van der Waals surface area contributed by atoms with Crippen LogP contribution in [0, 0.1) is 12.8 Å². The molecule has 1 saturated heterocycles. The Balaban J connectivity index is 1.98. The highest BCUT2D eigenvalue weighted by molar-refractivity contribution is 6.30. The molecule has 0 aliphatic carbocycles. The second-order valence-corrected chi connectivity index (χ2v) is 5.94. The van der Waals surface area contributed by atoms with Crippen LogP contribution in [-0.4, -0.2) is 41.0 Å². The van der Waals surface area contributed by atoms with Gasteiger partial charge in [-0.1, -0.05) is 25.4 Å². The molecule has 0 bridgehead atoms. The van der Waals surface area contributed by atoms with Crippen molar-refractivity contribution >= 4 is 17.4 Å². The fraction of sp³-hybridized carbons (Fsp3) is 0.733. The standard InChI is InChI=1S/C15H25ClN4/c1-4-6-13-18-14(16)11(3)15(19-13)17-9-12-7-8-20(5-2)10-12/h12H,4-10H2,1-3H3,(H,17,18,19). The van der Waals surface area contributed by atoms with Crippen LogP contribution >= 0.6 is 11.6 Å². The predicted octanol–water partition coefficient (Wildman–Crippen LogP) is 3.14. The molecule has 20 heavy (non-hydrogen) atoms. The van der Waals surface area contributed by atoms with Gasteiger partial charge in [-0.05, 0) is 38.8 Å². The minimum absolute atomic E-state index is 0.576. The number of hydrogen-bond donors (Lipinski definition) is 1. The van der Waals surface area contributed by atoms with Gasteiger partial charge in [-0.2, -0.15) is 0 Å². The lowest BCUT2D eigenvalue weighted by Gasteiger charge is -2.16. The maximum atomic E-state index is 6.20. The number of halogens is 1. The summed E-state index contributed by atoms with van der Waals surface area (Å²) >= 11 is 6.20. The van der Waals surface area contributed by atoms with Crippen molar-refractivity contribution in [3.8, 4) is 0 Å². The first-order valence-electron chi connectivity index (χ1n) is 7.63. The summed E-state index contributed by atoms with van der Waals surface area (Å²) < 4.78 is 0. The van der Waals surface area contributed by atoms with Crippen molar-refractivity contribution in [1.82, 2.24) is 14.9 Å². The lowest BCUT2D eigenvalue weighted by Crippen LogP contribution is -2.23. The monoisotopic (exact) mass is 296 g/mol. The van der Waals surface area contributed by atoms with Crippen LogP contribution in [0.25, 0.3) is 0 Å². The van der Waals surface area contributed by atoms with Crippen molar-refractivity contribution in [1.29, 1.82) is 0 Å². The topological polar surface area (TPSA) is 41.1 Å². The van der Waals surface area contributed by atoms with Crippen molar-refractivity contribution in [3.63, 3.8) is 0 Å². The summed E-state index contributed by atoms with van der Waals surface area (Å²) in [5.74, 6) is 2.45. The minimum atomic E-state index is 0.576. The summed E-state index contributed by atoms with van der Waals surface area (Å²) in [6.07, 6.45) is 3.18. The molecule has 1 aliphatic rings. The second kappa shape index (κ2) is 7.23. The molecule has 0 radical (unpaired) electrons. The molecular weight excluding hydrogens is 272 g/mol.